The molecule has 19 heavy (non-hydrogen) atoms. The van der Waals surface area contributed by atoms with Gasteiger partial charge in [-0.3, -0.25) is 4.98 Å². The molecule has 0 bridgehead atoms. The van der Waals surface area contributed by atoms with Gasteiger partial charge < -0.3 is 10.5 Å². The van der Waals surface area contributed by atoms with Gasteiger partial charge in [0.2, 0.25) is 5.13 Å². The fourth-order valence-corrected chi connectivity index (χ4v) is 2.62. The molecule has 5 nitrogen and oxygen atoms in total. The van der Waals surface area contributed by atoms with Crippen LogP contribution in [0.25, 0.3) is 21.5 Å². The summed E-state index contributed by atoms with van der Waals surface area (Å²) in [6.45, 7) is 1.96. The van der Waals surface area contributed by atoms with Crippen molar-refractivity contribution in [2.75, 3.05) is 12.8 Å². The highest BCUT2D eigenvalue weighted by atomic mass is 32.1. The molecule has 2 aromatic heterocycles. The summed E-state index contributed by atoms with van der Waals surface area (Å²) < 4.78 is 5.26. The fraction of sp³-hybridized carbons (Fsp3) is 0.154. The van der Waals surface area contributed by atoms with Crippen molar-refractivity contribution in [3.05, 3.63) is 30.0 Å². The molecule has 0 saturated heterocycles. The van der Waals surface area contributed by atoms with Crippen LogP contribution in [-0.4, -0.2) is 22.3 Å². The highest BCUT2D eigenvalue weighted by Gasteiger charge is 2.11. The maximum atomic E-state index is 5.66. The predicted molar refractivity (Wildman–Crippen MR) is 76.3 cm³/mol. The van der Waals surface area contributed by atoms with Crippen molar-refractivity contribution < 1.29 is 4.74 Å². The lowest BCUT2D eigenvalue weighted by Gasteiger charge is -2.07. The first-order chi connectivity index (χ1) is 9.17. The molecule has 3 aromatic rings. The largest absolute Gasteiger partial charge is 0.497 e. The van der Waals surface area contributed by atoms with E-state index in [-0.39, 0.29) is 0 Å². The van der Waals surface area contributed by atoms with Crippen LogP contribution in [0.1, 0.15) is 5.69 Å². The van der Waals surface area contributed by atoms with Crippen molar-refractivity contribution >= 4 is 27.4 Å². The van der Waals surface area contributed by atoms with E-state index in [1.165, 1.54) is 11.3 Å². The van der Waals surface area contributed by atoms with Gasteiger partial charge in [0.25, 0.3) is 0 Å². The maximum Gasteiger partial charge on any atom is 0.203 e. The van der Waals surface area contributed by atoms with E-state index in [9.17, 15) is 0 Å². The Morgan fingerprint density at radius 3 is 2.74 bits per heavy atom. The smallest absolute Gasteiger partial charge is 0.203 e. The third kappa shape index (κ3) is 2.10. The first-order valence-electron chi connectivity index (χ1n) is 5.72. The number of nitrogens with two attached hydrogens (primary N) is 1. The molecule has 0 saturated carbocycles. The zero-order chi connectivity index (χ0) is 13.4. The van der Waals surface area contributed by atoms with Crippen LogP contribution in [0.4, 0.5) is 5.13 Å². The number of benzene rings is 1. The van der Waals surface area contributed by atoms with Gasteiger partial charge in [-0.15, -0.1) is 10.2 Å². The third-order valence-electron chi connectivity index (χ3n) is 2.81. The minimum atomic E-state index is 0.459. The first kappa shape index (κ1) is 11.9. The quantitative estimate of drug-likeness (QED) is 0.776. The number of hydrogen-bond acceptors (Lipinski definition) is 6. The van der Waals surface area contributed by atoms with Crippen LogP contribution in [0.2, 0.25) is 0 Å². The zero-order valence-electron chi connectivity index (χ0n) is 10.5. The van der Waals surface area contributed by atoms with Gasteiger partial charge in [0.05, 0.1) is 12.6 Å². The van der Waals surface area contributed by atoms with E-state index in [0.717, 1.165) is 32.9 Å². The van der Waals surface area contributed by atoms with E-state index in [1.54, 1.807) is 7.11 Å². The fourth-order valence-electron chi connectivity index (χ4n) is 1.98. The van der Waals surface area contributed by atoms with Crippen LogP contribution in [0.3, 0.4) is 0 Å². The van der Waals surface area contributed by atoms with Gasteiger partial charge in [0.15, 0.2) is 0 Å². The number of ether oxygens (including phenoxy) is 1. The molecule has 0 unspecified atom stereocenters. The van der Waals surface area contributed by atoms with E-state index in [2.05, 4.69) is 15.2 Å². The summed E-state index contributed by atoms with van der Waals surface area (Å²) in [5.74, 6) is 0.789. The minimum Gasteiger partial charge on any atom is -0.497 e. The average molecular weight is 272 g/mol. The van der Waals surface area contributed by atoms with Gasteiger partial charge in [0.1, 0.15) is 10.8 Å². The molecule has 96 valence electrons. The third-order valence-corrected chi connectivity index (χ3v) is 3.60. The Hall–Kier alpha value is -2.21. The monoisotopic (exact) mass is 272 g/mol. The standard InChI is InChI=1S/C13H12N4OS/c1-7-5-10(12-16-17-13(14)19-12)9-6-8(18-2)3-4-11(9)15-7/h3-6H,1-2H3,(H2,14,17). The summed E-state index contributed by atoms with van der Waals surface area (Å²) in [4.78, 5) is 4.51. The number of nitrogens with zero attached hydrogens (tertiary/aromatic N) is 3. The molecule has 1 aromatic carbocycles. The van der Waals surface area contributed by atoms with Gasteiger partial charge >= 0.3 is 0 Å². The van der Waals surface area contributed by atoms with Crippen molar-refractivity contribution in [2.45, 2.75) is 6.92 Å². The maximum absolute atomic E-state index is 5.66. The lowest BCUT2D eigenvalue weighted by atomic mass is 10.1. The van der Waals surface area contributed by atoms with Crippen LogP contribution in [0.5, 0.6) is 5.75 Å². The highest BCUT2D eigenvalue weighted by molar-refractivity contribution is 7.18. The lowest BCUT2D eigenvalue weighted by molar-refractivity contribution is 0.415. The summed E-state index contributed by atoms with van der Waals surface area (Å²) in [5, 5.41) is 10.2. The minimum absolute atomic E-state index is 0.459. The van der Waals surface area contributed by atoms with Gasteiger partial charge in [-0.2, -0.15) is 0 Å². The van der Waals surface area contributed by atoms with E-state index < -0.39 is 0 Å². The summed E-state index contributed by atoms with van der Waals surface area (Å²) in [6, 6.07) is 7.78. The molecule has 0 aliphatic carbocycles. The first-order valence-corrected chi connectivity index (χ1v) is 6.54. The predicted octanol–water partition coefficient (Wildman–Crippen LogP) is 2.65. The molecule has 0 fully saturated rings. The second-order valence-corrected chi connectivity index (χ2v) is 5.15. The molecule has 2 N–H and O–H groups in total. The zero-order valence-corrected chi connectivity index (χ0v) is 11.4. The number of rotatable bonds is 2. The van der Waals surface area contributed by atoms with E-state index in [1.807, 2.05) is 31.2 Å². The number of aromatic nitrogens is 3. The summed E-state index contributed by atoms with van der Waals surface area (Å²) in [5.41, 5.74) is 8.48. The van der Waals surface area contributed by atoms with Crippen LogP contribution in [0.15, 0.2) is 24.3 Å². The summed E-state index contributed by atoms with van der Waals surface area (Å²) >= 11 is 1.36. The van der Waals surface area contributed by atoms with Crippen molar-refractivity contribution in [3.8, 4) is 16.3 Å². The number of fused-ring (bicyclic) bond motifs is 1. The summed E-state index contributed by atoms with van der Waals surface area (Å²) in [6.07, 6.45) is 0. The SMILES string of the molecule is COc1ccc2nc(C)cc(-c3nnc(N)s3)c2c1. The van der Waals surface area contributed by atoms with Crippen LogP contribution < -0.4 is 10.5 Å². The number of nitrogen functional groups attached to an aromatic ring is 1. The second-order valence-electron chi connectivity index (χ2n) is 4.14. The molecule has 0 radical (unpaired) electrons. The van der Waals surface area contributed by atoms with Crippen molar-refractivity contribution in [1.29, 1.82) is 0 Å². The average Bonchev–Trinajstić information content (AvgIpc) is 2.84. The Kier molecular flexibility index (Phi) is 2.79. The van der Waals surface area contributed by atoms with Crippen molar-refractivity contribution in [1.82, 2.24) is 15.2 Å². The number of anilines is 1. The van der Waals surface area contributed by atoms with Crippen LogP contribution in [-0.2, 0) is 0 Å². The normalized spacial score (nSPS) is 10.8. The van der Waals surface area contributed by atoms with Gasteiger partial charge in [0, 0.05) is 16.6 Å². The van der Waals surface area contributed by atoms with Crippen molar-refractivity contribution in [3.63, 3.8) is 0 Å². The summed E-state index contributed by atoms with van der Waals surface area (Å²) in [7, 11) is 1.64. The van der Waals surface area contributed by atoms with Gasteiger partial charge in [-0.05, 0) is 31.2 Å². The molecule has 6 heteroatoms. The molecule has 0 amide bonds. The molecule has 0 aliphatic heterocycles. The number of aryl methyl sites for hydroxylation is 1. The van der Waals surface area contributed by atoms with Crippen molar-refractivity contribution in [2.24, 2.45) is 0 Å². The van der Waals surface area contributed by atoms with Crippen LogP contribution in [0, 0.1) is 6.92 Å². The Morgan fingerprint density at radius 1 is 1.21 bits per heavy atom. The van der Waals surface area contributed by atoms with E-state index in [4.69, 9.17) is 10.5 Å². The second kappa shape index (κ2) is 4.47. The van der Waals surface area contributed by atoms with Gasteiger partial charge in [-0.1, -0.05) is 11.3 Å². The number of methoxy groups -OCH3 is 1. The topological polar surface area (TPSA) is 73.9 Å². The number of pyridine rings is 1. The number of hydrogen-bond donors (Lipinski definition) is 1. The van der Waals surface area contributed by atoms with E-state index >= 15 is 0 Å². The Labute approximate surface area is 114 Å². The Balaban J connectivity index is 2.32. The molecule has 0 spiro atoms. The molecule has 3 rings (SSSR count). The molecule has 0 aliphatic rings. The molecule has 0 atom stereocenters. The molecular formula is C13H12N4OS. The highest BCUT2D eigenvalue weighted by Crippen LogP contribution is 2.33. The Morgan fingerprint density at radius 2 is 2.05 bits per heavy atom. The molecular weight excluding hydrogens is 260 g/mol. The molecule has 2 heterocycles. The van der Waals surface area contributed by atoms with Crippen LogP contribution >= 0.6 is 11.3 Å². The Bertz CT molecular complexity index is 753. The lowest BCUT2D eigenvalue weighted by Crippen LogP contribution is -1.90. The van der Waals surface area contributed by atoms with Gasteiger partial charge in [-0.25, -0.2) is 0 Å². The van der Waals surface area contributed by atoms with E-state index in [0.29, 0.717) is 5.13 Å².